The maximum absolute atomic E-state index is 12.9. The molecule has 0 aliphatic heterocycles. The second-order valence-corrected chi connectivity index (χ2v) is 3.00. The zero-order chi connectivity index (χ0) is 9.97. The number of aromatic nitrogens is 2. The Hall–Kier alpha value is -1.77. The van der Waals surface area contributed by atoms with Crippen molar-refractivity contribution in [1.29, 1.82) is 0 Å². The van der Waals surface area contributed by atoms with Gasteiger partial charge in [-0.15, -0.1) is 0 Å². The summed E-state index contributed by atoms with van der Waals surface area (Å²) < 4.78 is 12.9. The van der Waals surface area contributed by atoms with E-state index in [4.69, 9.17) is 0 Å². The molecule has 0 unspecified atom stereocenters. The fourth-order valence-corrected chi connectivity index (χ4v) is 1.26. The van der Waals surface area contributed by atoms with Gasteiger partial charge in [0, 0.05) is 11.8 Å². The van der Waals surface area contributed by atoms with Crippen LogP contribution in [0.2, 0.25) is 0 Å². The molecule has 3 heteroatoms. The third-order valence-corrected chi connectivity index (χ3v) is 1.90. The fourth-order valence-electron chi connectivity index (χ4n) is 1.26. The third-order valence-electron chi connectivity index (χ3n) is 1.90. The van der Waals surface area contributed by atoms with Crippen LogP contribution in [-0.4, -0.2) is 9.97 Å². The average molecular weight is 188 g/mol. The van der Waals surface area contributed by atoms with Gasteiger partial charge in [0.05, 0.1) is 5.69 Å². The summed E-state index contributed by atoms with van der Waals surface area (Å²) in [4.78, 5) is 8.19. The van der Waals surface area contributed by atoms with Crippen molar-refractivity contribution in [2.24, 2.45) is 0 Å². The Bertz CT molecular complexity index is 411. The van der Waals surface area contributed by atoms with Crippen LogP contribution in [0.3, 0.4) is 0 Å². The van der Waals surface area contributed by atoms with Crippen LogP contribution < -0.4 is 0 Å². The molecule has 2 rings (SSSR count). The van der Waals surface area contributed by atoms with Gasteiger partial charge in [0.15, 0.2) is 0 Å². The molecule has 1 heterocycles. The minimum absolute atomic E-state index is 0.251. The normalized spacial score (nSPS) is 10.1. The Morgan fingerprint density at radius 3 is 2.79 bits per heavy atom. The zero-order valence-electron chi connectivity index (χ0n) is 7.74. The minimum Gasteiger partial charge on any atom is -0.242 e. The highest BCUT2D eigenvalue weighted by Crippen LogP contribution is 2.16. The molecule has 0 saturated heterocycles. The number of nitrogens with zero attached hydrogens (tertiary/aromatic N) is 2. The van der Waals surface area contributed by atoms with E-state index in [0.29, 0.717) is 5.82 Å². The standard InChI is InChI=1S/C11H9FN2/c1-8-13-6-5-11(14-8)9-3-2-4-10(12)7-9/h2-7H,1H3. The Kier molecular flexibility index (Phi) is 2.23. The van der Waals surface area contributed by atoms with Crippen LogP contribution in [0.5, 0.6) is 0 Å². The molecule has 0 aliphatic rings. The highest BCUT2D eigenvalue weighted by atomic mass is 19.1. The van der Waals surface area contributed by atoms with Crippen molar-refractivity contribution in [3.63, 3.8) is 0 Å². The van der Waals surface area contributed by atoms with Crippen molar-refractivity contribution in [2.45, 2.75) is 6.92 Å². The van der Waals surface area contributed by atoms with E-state index in [1.54, 1.807) is 18.3 Å². The number of halogens is 1. The van der Waals surface area contributed by atoms with Gasteiger partial charge >= 0.3 is 0 Å². The molecule has 70 valence electrons. The van der Waals surface area contributed by atoms with Gasteiger partial charge in [0.1, 0.15) is 11.6 Å². The first-order valence-electron chi connectivity index (χ1n) is 4.31. The summed E-state index contributed by atoms with van der Waals surface area (Å²) in [6, 6.07) is 8.13. The number of rotatable bonds is 1. The SMILES string of the molecule is Cc1nccc(-c2cccc(F)c2)n1. The number of hydrogen-bond donors (Lipinski definition) is 0. The molecular formula is C11H9FN2. The molecular weight excluding hydrogens is 179 g/mol. The molecule has 14 heavy (non-hydrogen) atoms. The topological polar surface area (TPSA) is 25.8 Å². The van der Waals surface area contributed by atoms with Crippen LogP contribution in [0.25, 0.3) is 11.3 Å². The predicted octanol–water partition coefficient (Wildman–Crippen LogP) is 2.59. The maximum atomic E-state index is 12.9. The molecule has 2 aromatic rings. The Labute approximate surface area is 81.5 Å². The molecule has 2 nitrogen and oxygen atoms in total. The minimum atomic E-state index is -0.251. The van der Waals surface area contributed by atoms with Gasteiger partial charge in [-0.2, -0.15) is 0 Å². The Morgan fingerprint density at radius 2 is 2.07 bits per heavy atom. The summed E-state index contributed by atoms with van der Waals surface area (Å²) in [7, 11) is 0. The molecule has 0 N–H and O–H groups in total. The molecule has 0 bridgehead atoms. The van der Waals surface area contributed by atoms with E-state index in [0.717, 1.165) is 11.3 Å². The fraction of sp³-hybridized carbons (Fsp3) is 0.0909. The summed E-state index contributed by atoms with van der Waals surface area (Å²) in [5.41, 5.74) is 1.52. The van der Waals surface area contributed by atoms with E-state index >= 15 is 0 Å². The van der Waals surface area contributed by atoms with E-state index in [9.17, 15) is 4.39 Å². The highest BCUT2D eigenvalue weighted by molar-refractivity contribution is 5.58. The summed E-state index contributed by atoms with van der Waals surface area (Å²) in [6.45, 7) is 1.81. The van der Waals surface area contributed by atoms with Crippen molar-refractivity contribution in [2.75, 3.05) is 0 Å². The Morgan fingerprint density at radius 1 is 1.21 bits per heavy atom. The average Bonchev–Trinajstić information content (AvgIpc) is 2.18. The van der Waals surface area contributed by atoms with Gasteiger partial charge in [-0.05, 0) is 25.1 Å². The second kappa shape index (κ2) is 3.54. The predicted molar refractivity (Wildman–Crippen MR) is 52.2 cm³/mol. The molecule has 0 saturated carbocycles. The van der Waals surface area contributed by atoms with Crippen molar-refractivity contribution in [3.05, 3.63) is 48.2 Å². The molecule has 0 aliphatic carbocycles. The van der Waals surface area contributed by atoms with Crippen molar-refractivity contribution >= 4 is 0 Å². The van der Waals surface area contributed by atoms with Gasteiger partial charge in [-0.3, -0.25) is 0 Å². The van der Waals surface area contributed by atoms with Gasteiger partial charge in [-0.25, -0.2) is 14.4 Å². The van der Waals surface area contributed by atoms with E-state index in [-0.39, 0.29) is 5.82 Å². The molecule has 0 spiro atoms. The van der Waals surface area contributed by atoms with E-state index in [2.05, 4.69) is 9.97 Å². The Balaban J connectivity index is 2.49. The quantitative estimate of drug-likeness (QED) is 0.687. The van der Waals surface area contributed by atoms with Crippen LogP contribution in [0.15, 0.2) is 36.5 Å². The molecule has 1 aromatic carbocycles. The lowest BCUT2D eigenvalue weighted by atomic mass is 10.1. The van der Waals surface area contributed by atoms with Crippen molar-refractivity contribution < 1.29 is 4.39 Å². The number of aryl methyl sites for hydroxylation is 1. The molecule has 1 aromatic heterocycles. The van der Waals surface area contributed by atoms with Crippen molar-refractivity contribution in [3.8, 4) is 11.3 Å². The van der Waals surface area contributed by atoms with Crippen molar-refractivity contribution in [1.82, 2.24) is 9.97 Å². The first-order chi connectivity index (χ1) is 6.75. The van der Waals surface area contributed by atoms with Crippen LogP contribution in [0, 0.1) is 12.7 Å². The van der Waals surface area contributed by atoms with E-state index in [1.807, 2.05) is 13.0 Å². The first kappa shape index (κ1) is 8.81. The third kappa shape index (κ3) is 1.76. The monoisotopic (exact) mass is 188 g/mol. The van der Waals surface area contributed by atoms with Crippen LogP contribution in [0.4, 0.5) is 4.39 Å². The maximum Gasteiger partial charge on any atom is 0.125 e. The lowest BCUT2D eigenvalue weighted by Crippen LogP contribution is -1.89. The molecule has 0 amide bonds. The van der Waals surface area contributed by atoms with E-state index < -0.39 is 0 Å². The molecule has 0 radical (unpaired) electrons. The van der Waals surface area contributed by atoms with Gasteiger partial charge in [-0.1, -0.05) is 12.1 Å². The first-order valence-corrected chi connectivity index (χ1v) is 4.31. The van der Waals surface area contributed by atoms with E-state index in [1.165, 1.54) is 12.1 Å². The van der Waals surface area contributed by atoms with Gasteiger partial charge in [0.2, 0.25) is 0 Å². The van der Waals surface area contributed by atoms with Crippen LogP contribution >= 0.6 is 0 Å². The van der Waals surface area contributed by atoms with Crippen LogP contribution in [0.1, 0.15) is 5.82 Å². The van der Waals surface area contributed by atoms with Gasteiger partial charge in [0.25, 0.3) is 0 Å². The van der Waals surface area contributed by atoms with Gasteiger partial charge < -0.3 is 0 Å². The summed E-state index contributed by atoms with van der Waals surface area (Å²) in [5.74, 6) is 0.436. The number of benzene rings is 1. The zero-order valence-corrected chi connectivity index (χ0v) is 7.74. The van der Waals surface area contributed by atoms with Crippen LogP contribution in [-0.2, 0) is 0 Å². The summed E-state index contributed by atoms with van der Waals surface area (Å²) in [5, 5.41) is 0. The molecule has 0 fully saturated rings. The summed E-state index contributed by atoms with van der Waals surface area (Å²) in [6.07, 6.45) is 1.67. The highest BCUT2D eigenvalue weighted by Gasteiger charge is 2.00. The number of hydrogen-bond acceptors (Lipinski definition) is 2. The smallest absolute Gasteiger partial charge is 0.125 e. The largest absolute Gasteiger partial charge is 0.242 e. The summed E-state index contributed by atoms with van der Waals surface area (Å²) >= 11 is 0. The molecule has 0 atom stereocenters. The lowest BCUT2D eigenvalue weighted by Gasteiger charge is -2.00. The second-order valence-electron chi connectivity index (χ2n) is 3.00. The lowest BCUT2D eigenvalue weighted by molar-refractivity contribution is 0.628.